The fourth-order valence-corrected chi connectivity index (χ4v) is 2.45. The molecule has 3 aromatic rings. The molecular formula is C18H12F3NO4. The fourth-order valence-electron chi connectivity index (χ4n) is 2.45. The van der Waals surface area contributed by atoms with Gasteiger partial charge in [-0.05, 0) is 35.9 Å². The van der Waals surface area contributed by atoms with Crippen LogP contribution in [0, 0.1) is 0 Å². The van der Waals surface area contributed by atoms with Crippen molar-refractivity contribution in [2.24, 2.45) is 0 Å². The topological polar surface area (TPSA) is 79.4 Å². The van der Waals surface area contributed by atoms with Crippen molar-refractivity contribution >= 4 is 16.9 Å². The van der Waals surface area contributed by atoms with Gasteiger partial charge < -0.3 is 14.8 Å². The van der Waals surface area contributed by atoms with Gasteiger partial charge in [0.25, 0.3) is 0 Å². The molecule has 0 fully saturated rings. The number of nitrogens with one attached hydrogen (secondary N) is 1. The molecule has 0 spiro atoms. The average Bonchev–Trinajstić information content (AvgIpc) is 2.59. The maximum atomic E-state index is 12.7. The van der Waals surface area contributed by atoms with E-state index in [1.807, 2.05) is 0 Å². The summed E-state index contributed by atoms with van der Waals surface area (Å²) in [7, 11) is 0. The number of carboxylic acid groups (broad SMARTS) is 1. The standard InChI is InChI=1S/C18H12F3NO4/c19-18(20,21)11-3-1-2-10(6-11)9-26-12-4-5-15-13(7-12)16(23)14(8-22-15)17(24)25/h1-8H,9H2,(H,22,23)(H,24,25). The van der Waals surface area contributed by atoms with Crippen molar-refractivity contribution in [1.82, 2.24) is 4.98 Å². The smallest absolute Gasteiger partial charge is 0.416 e. The zero-order chi connectivity index (χ0) is 18.9. The molecule has 0 radical (unpaired) electrons. The maximum Gasteiger partial charge on any atom is 0.416 e. The number of hydrogen-bond donors (Lipinski definition) is 2. The number of benzene rings is 2. The summed E-state index contributed by atoms with van der Waals surface area (Å²) >= 11 is 0. The molecule has 0 atom stereocenters. The van der Waals surface area contributed by atoms with E-state index in [1.54, 1.807) is 0 Å². The Kier molecular flexibility index (Phi) is 4.41. The van der Waals surface area contributed by atoms with E-state index in [-0.39, 0.29) is 17.7 Å². The third-order valence-electron chi connectivity index (χ3n) is 3.74. The van der Waals surface area contributed by atoms with Gasteiger partial charge in [0.1, 0.15) is 17.9 Å². The zero-order valence-corrected chi connectivity index (χ0v) is 13.1. The molecule has 0 saturated carbocycles. The minimum Gasteiger partial charge on any atom is -0.489 e. The van der Waals surface area contributed by atoms with Crippen molar-refractivity contribution in [1.29, 1.82) is 0 Å². The van der Waals surface area contributed by atoms with Crippen LogP contribution in [-0.4, -0.2) is 16.1 Å². The van der Waals surface area contributed by atoms with Gasteiger partial charge in [0.2, 0.25) is 5.43 Å². The highest BCUT2D eigenvalue weighted by atomic mass is 19.4. The maximum absolute atomic E-state index is 12.7. The Morgan fingerprint density at radius 2 is 1.92 bits per heavy atom. The van der Waals surface area contributed by atoms with E-state index in [4.69, 9.17) is 9.84 Å². The molecule has 0 aliphatic rings. The third-order valence-corrected chi connectivity index (χ3v) is 3.74. The van der Waals surface area contributed by atoms with Crippen LogP contribution in [0.15, 0.2) is 53.5 Å². The Bertz CT molecular complexity index is 1040. The Labute approximate surface area is 144 Å². The first-order valence-electron chi connectivity index (χ1n) is 7.43. The van der Waals surface area contributed by atoms with Crippen LogP contribution in [0.3, 0.4) is 0 Å². The number of hydrogen-bond acceptors (Lipinski definition) is 3. The van der Waals surface area contributed by atoms with Crippen LogP contribution in [0.5, 0.6) is 5.75 Å². The van der Waals surface area contributed by atoms with Crippen molar-refractivity contribution in [2.75, 3.05) is 0 Å². The number of fused-ring (bicyclic) bond motifs is 1. The first-order chi connectivity index (χ1) is 12.3. The Morgan fingerprint density at radius 1 is 1.15 bits per heavy atom. The highest BCUT2D eigenvalue weighted by Crippen LogP contribution is 2.29. The molecule has 0 amide bonds. The van der Waals surface area contributed by atoms with Gasteiger partial charge in [-0.3, -0.25) is 4.79 Å². The van der Waals surface area contributed by atoms with E-state index in [9.17, 15) is 22.8 Å². The van der Waals surface area contributed by atoms with E-state index < -0.39 is 28.7 Å². The summed E-state index contributed by atoms with van der Waals surface area (Å²) in [4.78, 5) is 25.9. The normalized spacial score (nSPS) is 11.5. The van der Waals surface area contributed by atoms with Gasteiger partial charge in [0, 0.05) is 11.7 Å². The average molecular weight is 363 g/mol. The minimum absolute atomic E-state index is 0.117. The van der Waals surface area contributed by atoms with Crippen LogP contribution in [0.25, 0.3) is 10.9 Å². The quantitative estimate of drug-likeness (QED) is 0.739. The van der Waals surface area contributed by atoms with Crippen LogP contribution < -0.4 is 10.2 Å². The number of pyridine rings is 1. The molecule has 1 heterocycles. The number of alkyl halides is 3. The van der Waals surface area contributed by atoms with E-state index in [0.29, 0.717) is 11.1 Å². The molecule has 0 unspecified atom stereocenters. The number of aromatic carboxylic acids is 1. The predicted octanol–water partition coefficient (Wildman–Crippen LogP) is 3.82. The van der Waals surface area contributed by atoms with Gasteiger partial charge >= 0.3 is 12.1 Å². The van der Waals surface area contributed by atoms with E-state index in [2.05, 4.69) is 4.98 Å². The highest BCUT2D eigenvalue weighted by Gasteiger charge is 2.30. The molecule has 134 valence electrons. The molecule has 26 heavy (non-hydrogen) atoms. The predicted molar refractivity (Wildman–Crippen MR) is 87.3 cm³/mol. The lowest BCUT2D eigenvalue weighted by atomic mass is 10.1. The van der Waals surface area contributed by atoms with Gasteiger partial charge in [-0.15, -0.1) is 0 Å². The van der Waals surface area contributed by atoms with Crippen LogP contribution in [-0.2, 0) is 12.8 Å². The lowest BCUT2D eigenvalue weighted by Crippen LogP contribution is -2.15. The number of aromatic amines is 1. The molecule has 8 heteroatoms. The number of aromatic nitrogens is 1. The summed E-state index contributed by atoms with van der Waals surface area (Å²) in [6, 6.07) is 9.14. The van der Waals surface area contributed by atoms with Crippen LogP contribution in [0.1, 0.15) is 21.5 Å². The van der Waals surface area contributed by atoms with Gasteiger partial charge in [-0.25, -0.2) is 4.79 Å². The number of H-pyrrole nitrogens is 1. The summed E-state index contributed by atoms with van der Waals surface area (Å²) in [5.41, 5.74) is -1.12. The molecule has 5 nitrogen and oxygen atoms in total. The monoisotopic (exact) mass is 363 g/mol. The molecule has 0 saturated heterocycles. The van der Waals surface area contributed by atoms with Gasteiger partial charge in [-0.2, -0.15) is 13.2 Å². The Hall–Kier alpha value is -3.29. The van der Waals surface area contributed by atoms with Crippen LogP contribution >= 0.6 is 0 Å². The van der Waals surface area contributed by atoms with Crippen LogP contribution in [0.4, 0.5) is 13.2 Å². The molecule has 3 rings (SSSR count). The molecular weight excluding hydrogens is 351 g/mol. The first-order valence-corrected chi connectivity index (χ1v) is 7.43. The molecule has 1 aromatic heterocycles. The van der Waals surface area contributed by atoms with Crippen molar-refractivity contribution in [2.45, 2.75) is 12.8 Å². The second-order valence-corrected chi connectivity index (χ2v) is 5.53. The lowest BCUT2D eigenvalue weighted by molar-refractivity contribution is -0.137. The van der Waals surface area contributed by atoms with E-state index in [0.717, 1.165) is 18.3 Å². The lowest BCUT2D eigenvalue weighted by Gasteiger charge is -2.10. The number of carboxylic acids is 1. The minimum atomic E-state index is -4.44. The van der Waals surface area contributed by atoms with Crippen molar-refractivity contribution in [3.05, 3.63) is 75.6 Å². The van der Waals surface area contributed by atoms with Crippen molar-refractivity contribution in [3.8, 4) is 5.75 Å². The Balaban J connectivity index is 1.87. The summed E-state index contributed by atoms with van der Waals surface area (Å²) in [6.07, 6.45) is -3.34. The molecule has 2 aromatic carbocycles. The molecule has 0 aliphatic carbocycles. The van der Waals surface area contributed by atoms with E-state index in [1.165, 1.54) is 30.3 Å². The summed E-state index contributed by atoms with van der Waals surface area (Å²) in [5.74, 6) is -1.12. The van der Waals surface area contributed by atoms with Crippen molar-refractivity contribution < 1.29 is 27.8 Å². The Morgan fingerprint density at radius 3 is 2.62 bits per heavy atom. The summed E-state index contributed by atoms with van der Waals surface area (Å²) < 4.78 is 43.6. The number of ether oxygens (including phenoxy) is 1. The second kappa shape index (κ2) is 6.55. The molecule has 0 aliphatic heterocycles. The number of halogens is 3. The number of carbonyl (C=O) groups is 1. The third kappa shape index (κ3) is 3.53. The van der Waals surface area contributed by atoms with Gasteiger partial charge in [0.15, 0.2) is 0 Å². The number of rotatable bonds is 4. The second-order valence-electron chi connectivity index (χ2n) is 5.53. The molecule has 0 bridgehead atoms. The highest BCUT2D eigenvalue weighted by molar-refractivity contribution is 5.92. The van der Waals surface area contributed by atoms with Gasteiger partial charge in [-0.1, -0.05) is 12.1 Å². The summed E-state index contributed by atoms with van der Waals surface area (Å²) in [6.45, 7) is -0.133. The van der Waals surface area contributed by atoms with E-state index >= 15 is 0 Å². The zero-order valence-electron chi connectivity index (χ0n) is 13.1. The van der Waals surface area contributed by atoms with Gasteiger partial charge in [0.05, 0.1) is 10.9 Å². The molecule has 2 N–H and O–H groups in total. The fraction of sp³-hybridized carbons (Fsp3) is 0.111. The largest absolute Gasteiger partial charge is 0.489 e. The first kappa shape index (κ1) is 17.5. The summed E-state index contributed by atoms with van der Waals surface area (Å²) in [5, 5.41) is 9.11. The van der Waals surface area contributed by atoms with Crippen LogP contribution in [0.2, 0.25) is 0 Å². The SMILES string of the molecule is O=C(O)c1c[nH]c2ccc(OCc3cccc(C(F)(F)F)c3)cc2c1=O. The van der Waals surface area contributed by atoms with Crippen molar-refractivity contribution in [3.63, 3.8) is 0 Å².